The van der Waals surface area contributed by atoms with E-state index in [9.17, 15) is 9.59 Å². The Morgan fingerprint density at radius 1 is 1.20 bits per heavy atom. The molecule has 20 heavy (non-hydrogen) atoms. The molecule has 0 radical (unpaired) electrons. The molecule has 0 aliphatic carbocycles. The predicted molar refractivity (Wildman–Crippen MR) is 74.4 cm³/mol. The molecule has 5 nitrogen and oxygen atoms in total. The summed E-state index contributed by atoms with van der Waals surface area (Å²) in [5.41, 5.74) is 1.76. The third kappa shape index (κ3) is 5.14. The zero-order valence-corrected chi connectivity index (χ0v) is 11.8. The lowest BCUT2D eigenvalue weighted by Crippen LogP contribution is -2.08. The summed E-state index contributed by atoms with van der Waals surface area (Å²) >= 11 is 0. The standard InChI is InChI=1S/C15H18O5/c1-11-4-5-12(6-7-14(16)18-2)10-13(11)20-9-8-15(17)19-3/h4-7,10H,8-9H2,1-3H3/b7-6+. The van der Waals surface area contributed by atoms with Crippen LogP contribution in [0, 0.1) is 6.92 Å². The number of hydrogen-bond acceptors (Lipinski definition) is 5. The van der Waals surface area contributed by atoms with Gasteiger partial charge in [-0.3, -0.25) is 4.79 Å². The van der Waals surface area contributed by atoms with E-state index >= 15 is 0 Å². The molecule has 0 saturated heterocycles. The molecule has 0 atom stereocenters. The topological polar surface area (TPSA) is 61.8 Å². The normalized spacial score (nSPS) is 10.3. The first-order chi connectivity index (χ1) is 9.56. The van der Waals surface area contributed by atoms with Gasteiger partial charge in [0.25, 0.3) is 0 Å². The molecule has 0 aliphatic rings. The molecule has 0 unspecified atom stereocenters. The third-order valence-corrected chi connectivity index (χ3v) is 2.62. The molecule has 0 aromatic heterocycles. The van der Waals surface area contributed by atoms with E-state index in [4.69, 9.17) is 4.74 Å². The van der Waals surface area contributed by atoms with Crippen LogP contribution in [-0.4, -0.2) is 32.8 Å². The van der Waals surface area contributed by atoms with E-state index in [0.29, 0.717) is 5.75 Å². The molecule has 0 spiro atoms. The minimum atomic E-state index is -0.418. The first kappa shape index (κ1) is 15.8. The molecule has 0 N–H and O–H groups in total. The zero-order valence-electron chi connectivity index (χ0n) is 11.8. The van der Waals surface area contributed by atoms with Gasteiger partial charge in [-0.2, -0.15) is 0 Å². The summed E-state index contributed by atoms with van der Waals surface area (Å²) < 4.78 is 14.6. The van der Waals surface area contributed by atoms with Crippen LogP contribution in [-0.2, 0) is 19.1 Å². The van der Waals surface area contributed by atoms with Crippen molar-refractivity contribution in [2.45, 2.75) is 13.3 Å². The molecule has 0 fully saturated rings. The summed E-state index contributed by atoms with van der Waals surface area (Å²) in [7, 11) is 2.66. The summed E-state index contributed by atoms with van der Waals surface area (Å²) in [5, 5.41) is 0. The van der Waals surface area contributed by atoms with Gasteiger partial charge in [-0.15, -0.1) is 0 Å². The molecular weight excluding hydrogens is 260 g/mol. The van der Waals surface area contributed by atoms with Crippen LogP contribution in [0.5, 0.6) is 5.75 Å². The van der Waals surface area contributed by atoms with Crippen LogP contribution in [0.4, 0.5) is 0 Å². The van der Waals surface area contributed by atoms with Crippen LogP contribution in [0.1, 0.15) is 17.5 Å². The van der Waals surface area contributed by atoms with E-state index in [1.54, 1.807) is 12.1 Å². The summed E-state index contributed by atoms with van der Waals surface area (Å²) in [6, 6.07) is 5.54. The first-order valence-corrected chi connectivity index (χ1v) is 6.13. The Bertz CT molecular complexity index is 505. The zero-order chi connectivity index (χ0) is 15.0. The average molecular weight is 278 g/mol. The van der Waals surface area contributed by atoms with Gasteiger partial charge in [0.1, 0.15) is 5.75 Å². The van der Waals surface area contributed by atoms with Crippen LogP contribution in [0.3, 0.4) is 0 Å². The molecule has 0 heterocycles. The Morgan fingerprint density at radius 3 is 2.60 bits per heavy atom. The second-order valence-electron chi connectivity index (χ2n) is 4.06. The third-order valence-electron chi connectivity index (χ3n) is 2.62. The van der Waals surface area contributed by atoms with E-state index in [2.05, 4.69) is 9.47 Å². The van der Waals surface area contributed by atoms with Gasteiger partial charge in [-0.1, -0.05) is 12.1 Å². The van der Waals surface area contributed by atoms with Gasteiger partial charge >= 0.3 is 11.9 Å². The van der Waals surface area contributed by atoms with Crippen molar-refractivity contribution in [3.8, 4) is 5.75 Å². The van der Waals surface area contributed by atoms with Crippen LogP contribution in [0.25, 0.3) is 6.08 Å². The molecule has 5 heteroatoms. The number of carbonyl (C=O) groups excluding carboxylic acids is 2. The van der Waals surface area contributed by atoms with Gasteiger partial charge in [0, 0.05) is 6.08 Å². The molecular formula is C15H18O5. The van der Waals surface area contributed by atoms with Gasteiger partial charge in [-0.25, -0.2) is 4.79 Å². The van der Waals surface area contributed by atoms with Crippen molar-refractivity contribution in [3.63, 3.8) is 0 Å². The van der Waals surface area contributed by atoms with Crippen LogP contribution < -0.4 is 4.74 Å². The Morgan fingerprint density at radius 2 is 1.95 bits per heavy atom. The minimum absolute atomic E-state index is 0.193. The van der Waals surface area contributed by atoms with Crippen LogP contribution in [0.2, 0.25) is 0 Å². The Labute approximate surface area is 118 Å². The lowest BCUT2D eigenvalue weighted by atomic mass is 10.1. The number of aryl methyl sites for hydroxylation is 1. The second-order valence-corrected chi connectivity index (χ2v) is 4.06. The number of benzene rings is 1. The molecule has 0 aliphatic heterocycles. The fourth-order valence-electron chi connectivity index (χ4n) is 1.45. The van der Waals surface area contributed by atoms with Crippen molar-refractivity contribution in [1.29, 1.82) is 0 Å². The quantitative estimate of drug-likeness (QED) is 0.589. The Balaban J connectivity index is 2.69. The number of rotatable bonds is 6. The van der Waals surface area contributed by atoms with Gasteiger partial charge < -0.3 is 14.2 Å². The average Bonchev–Trinajstić information content (AvgIpc) is 2.46. The highest BCUT2D eigenvalue weighted by molar-refractivity contribution is 5.87. The number of ether oxygens (including phenoxy) is 3. The molecule has 0 bridgehead atoms. The first-order valence-electron chi connectivity index (χ1n) is 6.13. The van der Waals surface area contributed by atoms with Crippen molar-refractivity contribution in [2.75, 3.05) is 20.8 Å². The lowest BCUT2D eigenvalue weighted by molar-refractivity contribution is -0.141. The SMILES string of the molecule is COC(=O)/C=C/c1ccc(C)c(OCCC(=O)OC)c1. The van der Waals surface area contributed by atoms with Gasteiger partial charge in [0.2, 0.25) is 0 Å². The van der Waals surface area contributed by atoms with Gasteiger partial charge in [0.05, 0.1) is 27.2 Å². The summed E-state index contributed by atoms with van der Waals surface area (Å²) in [4.78, 5) is 22.0. The molecule has 0 saturated carbocycles. The Hall–Kier alpha value is -2.30. The van der Waals surface area contributed by atoms with Crippen LogP contribution >= 0.6 is 0 Å². The predicted octanol–water partition coefficient (Wildman–Crippen LogP) is 2.12. The van der Waals surface area contributed by atoms with Crippen LogP contribution in [0.15, 0.2) is 24.3 Å². The molecule has 1 rings (SSSR count). The highest BCUT2D eigenvalue weighted by Crippen LogP contribution is 2.20. The summed E-state index contributed by atoms with van der Waals surface area (Å²) in [6.07, 6.45) is 3.17. The molecule has 1 aromatic rings. The number of esters is 2. The smallest absolute Gasteiger partial charge is 0.330 e. The highest BCUT2D eigenvalue weighted by atomic mass is 16.5. The van der Waals surface area contributed by atoms with E-state index in [0.717, 1.165) is 11.1 Å². The van der Waals surface area contributed by atoms with E-state index < -0.39 is 5.97 Å². The molecule has 108 valence electrons. The summed E-state index contributed by atoms with van der Waals surface area (Å²) in [5.74, 6) is -0.0657. The van der Waals surface area contributed by atoms with Crippen molar-refractivity contribution >= 4 is 18.0 Å². The van der Waals surface area contributed by atoms with Crippen molar-refractivity contribution in [1.82, 2.24) is 0 Å². The van der Waals surface area contributed by atoms with E-state index in [1.807, 2.05) is 19.1 Å². The minimum Gasteiger partial charge on any atom is -0.493 e. The molecule has 1 aromatic carbocycles. The maximum atomic E-state index is 11.0. The van der Waals surface area contributed by atoms with Crippen molar-refractivity contribution < 1.29 is 23.8 Å². The number of hydrogen-bond donors (Lipinski definition) is 0. The Kier molecular flexibility index (Phi) is 6.29. The maximum Gasteiger partial charge on any atom is 0.330 e. The maximum absolute atomic E-state index is 11.0. The number of carbonyl (C=O) groups is 2. The fourth-order valence-corrected chi connectivity index (χ4v) is 1.45. The lowest BCUT2D eigenvalue weighted by Gasteiger charge is -2.09. The highest BCUT2D eigenvalue weighted by Gasteiger charge is 2.04. The number of methoxy groups -OCH3 is 2. The van der Waals surface area contributed by atoms with Crippen molar-refractivity contribution in [3.05, 3.63) is 35.4 Å². The van der Waals surface area contributed by atoms with E-state index in [-0.39, 0.29) is 19.0 Å². The monoisotopic (exact) mass is 278 g/mol. The summed E-state index contributed by atoms with van der Waals surface area (Å²) in [6.45, 7) is 2.15. The van der Waals surface area contributed by atoms with Gasteiger partial charge in [0.15, 0.2) is 0 Å². The largest absolute Gasteiger partial charge is 0.493 e. The van der Waals surface area contributed by atoms with Crippen molar-refractivity contribution in [2.24, 2.45) is 0 Å². The van der Waals surface area contributed by atoms with E-state index in [1.165, 1.54) is 20.3 Å². The van der Waals surface area contributed by atoms with Gasteiger partial charge in [-0.05, 0) is 30.2 Å². The fraction of sp³-hybridized carbons (Fsp3) is 0.333. The molecule has 0 amide bonds. The second kappa shape index (κ2) is 7.99.